The fourth-order valence-corrected chi connectivity index (χ4v) is 2.97. The van der Waals surface area contributed by atoms with Crippen LogP contribution in [0.3, 0.4) is 0 Å². The second-order valence-corrected chi connectivity index (χ2v) is 6.81. The van der Waals surface area contributed by atoms with Crippen LogP contribution >= 0.6 is 0 Å². The maximum Gasteiger partial charge on any atom is 0.191 e. The molecule has 7 nitrogen and oxygen atoms in total. The monoisotopic (exact) mass is 395 g/mol. The molecule has 0 spiro atoms. The Bertz CT molecular complexity index is 967. The molecule has 1 atom stereocenters. The van der Waals surface area contributed by atoms with Crippen molar-refractivity contribution in [2.75, 3.05) is 20.2 Å². The third-order valence-corrected chi connectivity index (χ3v) is 4.42. The topological polar surface area (TPSA) is 72.2 Å². The molecule has 2 N–H and O–H groups in total. The van der Waals surface area contributed by atoms with Crippen LogP contribution in [0.2, 0.25) is 0 Å². The van der Waals surface area contributed by atoms with Crippen molar-refractivity contribution in [2.24, 2.45) is 4.99 Å². The van der Waals surface area contributed by atoms with Gasteiger partial charge in [-0.15, -0.1) is 0 Å². The highest BCUT2D eigenvalue weighted by Crippen LogP contribution is 2.19. The van der Waals surface area contributed by atoms with Crippen LogP contribution in [0.25, 0.3) is 5.65 Å². The van der Waals surface area contributed by atoms with Crippen molar-refractivity contribution < 1.29 is 9.47 Å². The summed E-state index contributed by atoms with van der Waals surface area (Å²) in [5.74, 6) is 2.29. The second kappa shape index (κ2) is 9.82. The van der Waals surface area contributed by atoms with E-state index in [4.69, 9.17) is 9.47 Å². The van der Waals surface area contributed by atoms with Crippen LogP contribution in [0.5, 0.6) is 11.5 Å². The van der Waals surface area contributed by atoms with Gasteiger partial charge in [0, 0.05) is 24.5 Å². The summed E-state index contributed by atoms with van der Waals surface area (Å²) >= 11 is 0. The highest BCUT2D eigenvalue weighted by molar-refractivity contribution is 5.79. The maximum atomic E-state index is 5.96. The number of pyridine rings is 1. The SMILES string of the molecule is CCNC(=NCc1cn2c(C)cccc2n1)NCC(C)Oc1cccc(OC)c1. The smallest absolute Gasteiger partial charge is 0.191 e. The van der Waals surface area contributed by atoms with Crippen molar-refractivity contribution >= 4 is 11.6 Å². The molecule has 29 heavy (non-hydrogen) atoms. The fraction of sp³-hybridized carbons (Fsp3) is 0.364. The molecule has 3 aromatic rings. The summed E-state index contributed by atoms with van der Waals surface area (Å²) in [6, 6.07) is 13.7. The Morgan fingerprint density at radius 3 is 2.72 bits per heavy atom. The molecular weight excluding hydrogens is 366 g/mol. The minimum atomic E-state index is -0.0381. The Morgan fingerprint density at radius 2 is 1.97 bits per heavy atom. The number of imidazole rings is 1. The minimum Gasteiger partial charge on any atom is -0.497 e. The van der Waals surface area contributed by atoms with E-state index in [1.54, 1.807) is 7.11 Å². The molecule has 0 aliphatic carbocycles. The molecule has 0 saturated carbocycles. The Balaban J connectivity index is 1.58. The molecule has 0 amide bonds. The number of ether oxygens (including phenoxy) is 2. The molecule has 2 aromatic heterocycles. The zero-order chi connectivity index (χ0) is 20.6. The summed E-state index contributed by atoms with van der Waals surface area (Å²) in [6.45, 7) is 8.02. The molecule has 154 valence electrons. The standard InChI is InChI=1S/C22H29N5O2/c1-5-23-22(24-13-17(3)29-20-10-7-9-19(12-20)28-4)25-14-18-15-27-16(2)8-6-11-21(27)26-18/h6-12,15,17H,5,13-14H2,1-4H3,(H2,23,24,25). The van der Waals surface area contributed by atoms with Crippen molar-refractivity contribution in [2.45, 2.75) is 33.4 Å². The number of guanidine groups is 1. The number of nitrogens with one attached hydrogen (secondary N) is 2. The van der Waals surface area contributed by atoms with Gasteiger partial charge in [0.15, 0.2) is 5.96 Å². The lowest BCUT2D eigenvalue weighted by Crippen LogP contribution is -2.41. The van der Waals surface area contributed by atoms with E-state index in [0.717, 1.165) is 41.0 Å². The van der Waals surface area contributed by atoms with Gasteiger partial charge in [-0.1, -0.05) is 12.1 Å². The predicted octanol–water partition coefficient (Wildman–Crippen LogP) is 3.17. The third kappa shape index (κ3) is 5.63. The van der Waals surface area contributed by atoms with E-state index in [2.05, 4.69) is 38.0 Å². The average Bonchev–Trinajstić information content (AvgIpc) is 3.15. The number of hydrogen-bond donors (Lipinski definition) is 2. The Hall–Kier alpha value is -3.22. The van der Waals surface area contributed by atoms with E-state index < -0.39 is 0 Å². The molecule has 0 bridgehead atoms. The van der Waals surface area contributed by atoms with Crippen LogP contribution in [-0.2, 0) is 6.54 Å². The van der Waals surface area contributed by atoms with Gasteiger partial charge < -0.3 is 24.5 Å². The van der Waals surface area contributed by atoms with E-state index in [9.17, 15) is 0 Å². The first kappa shape index (κ1) is 20.5. The van der Waals surface area contributed by atoms with Gasteiger partial charge in [0.25, 0.3) is 0 Å². The normalized spacial score (nSPS) is 12.6. The number of nitrogens with zero attached hydrogens (tertiary/aromatic N) is 3. The van der Waals surface area contributed by atoms with Gasteiger partial charge in [0.1, 0.15) is 23.3 Å². The number of fused-ring (bicyclic) bond motifs is 1. The van der Waals surface area contributed by atoms with E-state index in [1.807, 2.05) is 56.4 Å². The van der Waals surface area contributed by atoms with Crippen molar-refractivity contribution in [1.82, 2.24) is 20.0 Å². The van der Waals surface area contributed by atoms with Gasteiger partial charge in [-0.3, -0.25) is 0 Å². The number of benzene rings is 1. The summed E-state index contributed by atoms with van der Waals surface area (Å²) in [5.41, 5.74) is 3.02. The first-order chi connectivity index (χ1) is 14.1. The number of rotatable bonds is 8. The van der Waals surface area contributed by atoms with Gasteiger partial charge in [-0.2, -0.15) is 0 Å². The largest absolute Gasteiger partial charge is 0.497 e. The molecule has 0 saturated heterocycles. The zero-order valence-corrected chi connectivity index (χ0v) is 17.5. The molecule has 0 aliphatic heterocycles. The van der Waals surface area contributed by atoms with Gasteiger partial charge in [-0.05, 0) is 45.0 Å². The number of aliphatic imine (C=N–C) groups is 1. The molecule has 3 rings (SSSR count). The van der Waals surface area contributed by atoms with Crippen LogP contribution in [-0.4, -0.2) is 41.6 Å². The van der Waals surface area contributed by atoms with E-state index in [0.29, 0.717) is 13.1 Å². The molecule has 0 aliphatic rings. The quantitative estimate of drug-likeness (QED) is 0.453. The third-order valence-electron chi connectivity index (χ3n) is 4.42. The number of methoxy groups -OCH3 is 1. The van der Waals surface area contributed by atoms with Gasteiger partial charge in [-0.25, -0.2) is 9.98 Å². The van der Waals surface area contributed by atoms with Crippen LogP contribution in [0.15, 0.2) is 53.7 Å². The summed E-state index contributed by atoms with van der Waals surface area (Å²) < 4.78 is 13.3. The Kier molecular flexibility index (Phi) is 6.94. The van der Waals surface area contributed by atoms with Crippen LogP contribution in [0.4, 0.5) is 0 Å². The summed E-state index contributed by atoms with van der Waals surface area (Å²) in [5, 5.41) is 6.60. The average molecular weight is 396 g/mol. The molecular formula is C22H29N5O2. The van der Waals surface area contributed by atoms with Gasteiger partial charge in [0.2, 0.25) is 0 Å². The predicted molar refractivity (Wildman–Crippen MR) is 116 cm³/mol. The van der Waals surface area contributed by atoms with E-state index in [1.165, 1.54) is 0 Å². The zero-order valence-electron chi connectivity index (χ0n) is 17.5. The highest BCUT2D eigenvalue weighted by atomic mass is 16.5. The van der Waals surface area contributed by atoms with Crippen molar-refractivity contribution in [3.8, 4) is 11.5 Å². The second-order valence-electron chi connectivity index (χ2n) is 6.81. The van der Waals surface area contributed by atoms with Crippen molar-refractivity contribution in [3.63, 3.8) is 0 Å². The molecule has 0 radical (unpaired) electrons. The van der Waals surface area contributed by atoms with Crippen LogP contribution < -0.4 is 20.1 Å². The van der Waals surface area contributed by atoms with Crippen LogP contribution in [0.1, 0.15) is 25.2 Å². The highest BCUT2D eigenvalue weighted by Gasteiger charge is 2.08. The lowest BCUT2D eigenvalue weighted by atomic mass is 10.3. The fourth-order valence-electron chi connectivity index (χ4n) is 2.97. The first-order valence-electron chi connectivity index (χ1n) is 9.85. The molecule has 1 unspecified atom stereocenters. The van der Waals surface area contributed by atoms with Gasteiger partial charge >= 0.3 is 0 Å². The van der Waals surface area contributed by atoms with Crippen LogP contribution in [0, 0.1) is 6.92 Å². The number of aryl methyl sites for hydroxylation is 1. The molecule has 0 fully saturated rings. The lowest BCUT2D eigenvalue weighted by molar-refractivity contribution is 0.223. The van der Waals surface area contributed by atoms with E-state index in [-0.39, 0.29) is 6.10 Å². The minimum absolute atomic E-state index is 0.0381. The molecule has 1 aromatic carbocycles. The first-order valence-corrected chi connectivity index (χ1v) is 9.85. The van der Waals surface area contributed by atoms with Crippen molar-refractivity contribution in [3.05, 3.63) is 60.0 Å². The number of aromatic nitrogens is 2. The summed E-state index contributed by atoms with van der Waals surface area (Å²) in [4.78, 5) is 9.29. The Labute approximate surface area is 171 Å². The number of hydrogen-bond acceptors (Lipinski definition) is 4. The Morgan fingerprint density at radius 1 is 1.17 bits per heavy atom. The maximum absolute atomic E-state index is 5.96. The summed E-state index contributed by atoms with van der Waals surface area (Å²) in [7, 11) is 1.65. The van der Waals surface area contributed by atoms with Gasteiger partial charge in [0.05, 0.1) is 25.9 Å². The summed E-state index contributed by atoms with van der Waals surface area (Å²) in [6.07, 6.45) is 2.00. The van der Waals surface area contributed by atoms with E-state index >= 15 is 0 Å². The molecule has 2 heterocycles. The molecule has 7 heteroatoms. The van der Waals surface area contributed by atoms with Crippen molar-refractivity contribution in [1.29, 1.82) is 0 Å². The lowest BCUT2D eigenvalue weighted by Gasteiger charge is -2.18.